The number of nitrogens with one attached hydrogen (secondary N) is 1. The van der Waals surface area contributed by atoms with Gasteiger partial charge in [-0.2, -0.15) is 5.26 Å². The number of hydrogen-bond acceptors (Lipinski definition) is 6. The van der Waals surface area contributed by atoms with Gasteiger partial charge >= 0.3 is 0 Å². The van der Waals surface area contributed by atoms with Crippen LogP contribution in [0.15, 0.2) is 34.9 Å². The van der Waals surface area contributed by atoms with Crippen LogP contribution in [-0.2, 0) is 6.54 Å². The Morgan fingerprint density at radius 2 is 2.15 bits per heavy atom. The molecule has 0 fully saturated rings. The van der Waals surface area contributed by atoms with Gasteiger partial charge < -0.3 is 9.84 Å². The van der Waals surface area contributed by atoms with Crippen molar-refractivity contribution in [2.24, 2.45) is 0 Å². The highest BCUT2D eigenvalue weighted by Crippen LogP contribution is 2.24. The Morgan fingerprint density at radius 3 is 2.90 bits per heavy atom. The number of fused-ring (bicyclic) bond motifs is 1. The zero-order valence-corrected chi connectivity index (χ0v) is 10.8. The fraction of sp³-hybridized carbons (Fsp3) is 0.143. The first-order valence-corrected chi connectivity index (χ1v) is 6.09. The zero-order chi connectivity index (χ0) is 13.9. The van der Waals surface area contributed by atoms with Gasteiger partial charge in [-0.25, -0.2) is 0 Å². The normalized spacial score (nSPS) is 10.4. The average Bonchev–Trinajstić information content (AvgIpc) is 2.90. The van der Waals surface area contributed by atoms with Crippen LogP contribution in [0, 0.1) is 18.3 Å². The van der Waals surface area contributed by atoms with Gasteiger partial charge in [-0.3, -0.25) is 0 Å². The minimum absolute atomic E-state index is 0.268. The molecule has 6 heteroatoms. The van der Waals surface area contributed by atoms with Gasteiger partial charge in [-0.05, 0) is 13.0 Å². The summed E-state index contributed by atoms with van der Waals surface area (Å²) in [4.78, 5) is 0. The first-order chi connectivity index (χ1) is 9.78. The van der Waals surface area contributed by atoms with Crippen LogP contribution in [0.2, 0.25) is 0 Å². The monoisotopic (exact) mass is 265 g/mol. The molecule has 0 saturated carbocycles. The van der Waals surface area contributed by atoms with Gasteiger partial charge in [0.05, 0.1) is 17.7 Å². The minimum atomic E-state index is 0.268. The van der Waals surface area contributed by atoms with E-state index in [4.69, 9.17) is 9.78 Å². The van der Waals surface area contributed by atoms with E-state index < -0.39 is 0 Å². The minimum Gasteiger partial charge on any atom is -0.376 e. The summed E-state index contributed by atoms with van der Waals surface area (Å²) in [5.41, 5.74) is 2.44. The Kier molecular flexibility index (Phi) is 3.01. The van der Waals surface area contributed by atoms with Crippen LogP contribution in [0.3, 0.4) is 0 Å². The molecule has 2 aromatic heterocycles. The molecule has 0 unspecified atom stereocenters. The van der Waals surface area contributed by atoms with Crippen molar-refractivity contribution in [1.29, 1.82) is 5.26 Å². The molecule has 2 heterocycles. The van der Waals surface area contributed by atoms with E-state index in [2.05, 4.69) is 20.7 Å². The predicted molar refractivity (Wildman–Crippen MR) is 72.8 cm³/mol. The standard InChI is InChI=1S/C14H11N5O/c1-9-6-10(19-20-9)8-16-14-11-4-2-3-5-12(11)17-18-13(14)7-15/h2-6H,8H2,1H3,(H,16,17). The Balaban J connectivity index is 1.98. The highest BCUT2D eigenvalue weighted by atomic mass is 16.5. The molecule has 20 heavy (non-hydrogen) atoms. The summed E-state index contributed by atoms with van der Waals surface area (Å²) >= 11 is 0. The largest absolute Gasteiger partial charge is 0.376 e. The van der Waals surface area contributed by atoms with Crippen LogP contribution in [0.25, 0.3) is 10.9 Å². The quantitative estimate of drug-likeness (QED) is 0.782. The Hall–Kier alpha value is -2.94. The van der Waals surface area contributed by atoms with Gasteiger partial charge in [0.1, 0.15) is 17.5 Å². The second-order valence-electron chi connectivity index (χ2n) is 4.34. The van der Waals surface area contributed by atoms with E-state index in [1.807, 2.05) is 43.3 Å². The molecular formula is C14H11N5O. The highest BCUT2D eigenvalue weighted by Gasteiger charge is 2.10. The number of nitrogens with zero attached hydrogens (tertiary/aromatic N) is 4. The average molecular weight is 265 g/mol. The number of benzene rings is 1. The van der Waals surface area contributed by atoms with Crippen LogP contribution < -0.4 is 5.32 Å². The molecule has 1 N–H and O–H groups in total. The summed E-state index contributed by atoms with van der Waals surface area (Å²) in [6.45, 7) is 2.29. The van der Waals surface area contributed by atoms with Crippen LogP contribution in [0.5, 0.6) is 0 Å². The third-order valence-corrected chi connectivity index (χ3v) is 2.90. The number of aryl methyl sites for hydroxylation is 1. The van der Waals surface area contributed by atoms with Gasteiger partial charge in [-0.1, -0.05) is 23.4 Å². The molecule has 0 spiro atoms. The smallest absolute Gasteiger partial charge is 0.186 e. The van der Waals surface area contributed by atoms with E-state index in [0.717, 1.165) is 22.4 Å². The van der Waals surface area contributed by atoms with E-state index in [1.54, 1.807) is 0 Å². The number of hydrogen-bond donors (Lipinski definition) is 1. The summed E-state index contributed by atoms with van der Waals surface area (Å²) in [6, 6.07) is 11.4. The lowest BCUT2D eigenvalue weighted by Gasteiger charge is -2.08. The van der Waals surface area contributed by atoms with Gasteiger partial charge in [-0.15, -0.1) is 10.2 Å². The van der Waals surface area contributed by atoms with Crippen molar-refractivity contribution in [3.8, 4) is 6.07 Å². The number of rotatable bonds is 3. The van der Waals surface area contributed by atoms with Crippen molar-refractivity contribution in [2.45, 2.75) is 13.5 Å². The third kappa shape index (κ3) is 2.17. The van der Waals surface area contributed by atoms with E-state index in [9.17, 15) is 0 Å². The molecule has 3 rings (SSSR count). The summed E-state index contributed by atoms with van der Waals surface area (Å²) in [6.07, 6.45) is 0. The van der Waals surface area contributed by atoms with Crippen LogP contribution in [0.4, 0.5) is 5.69 Å². The molecular weight excluding hydrogens is 254 g/mol. The Labute approximate surface area is 115 Å². The lowest BCUT2D eigenvalue weighted by Crippen LogP contribution is -2.04. The Morgan fingerprint density at radius 1 is 1.30 bits per heavy atom. The third-order valence-electron chi connectivity index (χ3n) is 2.90. The van der Waals surface area contributed by atoms with E-state index in [0.29, 0.717) is 12.2 Å². The van der Waals surface area contributed by atoms with Gasteiger partial charge in [0.25, 0.3) is 0 Å². The van der Waals surface area contributed by atoms with Crippen molar-refractivity contribution >= 4 is 16.6 Å². The molecule has 0 aliphatic carbocycles. The molecule has 3 aromatic rings. The number of nitriles is 1. The molecule has 98 valence electrons. The molecule has 0 aliphatic rings. The lowest BCUT2D eigenvalue weighted by molar-refractivity contribution is 0.391. The molecule has 6 nitrogen and oxygen atoms in total. The maximum absolute atomic E-state index is 9.15. The van der Waals surface area contributed by atoms with Crippen molar-refractivity contribution < 1.29 is 4.52 Å². The molecule has 1 aromatic carbocycles. The molecule has 0 radical (unpaired) electrons. The Bertz CT molecular complexity index is 803. The van der Waals surface area contributed by atoms with Crippen molar-refractivity contribution in [3.63, 3.8) is 0 Å². The fourth-order valence-corrected chi connectivity index (χ4v) is 1.99. The summed E-state index contributed by atoms with van der Waals surface area (Å²) in [5, 5.41) is 25.1. The first kappa shape index (κ1) is 12.1. The number of anilines is 1. The fourth-order valence-electron chi connectivity index (χ4n) is 1.99. The molecule has 0 bridgehead atoms. The van der Waals surface area contributed by atoms with Gasteiger partial charge in [0, 0.05) is 11.5 Å². The maximum Gasteiger partial charge on any atom is 0.186 e. The van der Waals surface area contributed by atoms with Crippen LogP contribution in [-0.4, -0.2) is 15.4 Å². The van der Waals surface area contributed by atoms with Crippen molar-refractivity contribution in [3.05, 3.63) is 47.5 Å². The first-order valence-electron chi connectivity index (χ1n) is 6.09. The topological polar surface area (TPSA) is 87.6 Å². The highest BCUT2D eigenvalue weighted by molar-refractivity contribution is 5.92. The molecule has 0 amide bonds. The SMILES string of the molecule is Cc1cc(CNc2c(C#N)nnc3ccccc23)no1. The second kappa shape index (κ2) is 4.97. The van der Waals surface area contributed by atoms with Crippen LogP contribution in [0.1, 0.15) is 17.1 Å². The molecule has 0 saturated heterocycles. The van der Waals surface area contributed by atoms with E-state index in [1.165, 1.54) is 0 Å². The maximum atomic E-state index is 9.15. The molecule has 0 atom stereocenters. The van der Waals surface area contributed by atoms with Crippen LogP contribution >= 0.6 is 0 Å². The summed E-state index contributed by atoms with van der Waals surface area (Å²) in [5.74, 6) is 0.750. The lowest BCUT2D eigenvalue weighted by atomic mass is 10.1. The van der Waals surface area contributed by atoms with Crippen molar-refractivity contribution in [2.75, 3.05) is 5.32 Å². The summed E-state index contributed by atoms with van der Waals surface area (Å²) < 4.78 is 5.01. The predicted octanol–water partition coefficient (Wildman–Crippen LogP) is 2.41. The second-order valence-corrected chi connectivity index (χ2v) is 4.34. The zero-order valence-electron chi connectivity index (χ0n) is 10.8. The van der Waals surface area contributed by atoms with Gasteiger partial charge in [0.2, 0.25) is 0 Å². The summed E-state index contributed by atoms with van der Waals surface area (Å²) in [7, 11) is 0. The number of aromatic nitrogens is 3. The van der Waals surface area contributed by atoms with E-state index in [-0.39, 0.29) is 5.69 Å². The van der Waals surface area contributed by atoms with E-state index >= 15 is 0 Å². The van der Waals surface area contributed by atoms with Crippen molar-refractivity contribution in [1.82, 2.24) is 15.4 Å². The molecule has 0 aliphatic heterocycles. The van der Waals surface area contributed by atoms with Gasteiger partial charge in [0.15, 0.2) is 5.69 Å².